The lowest BCUT2D eigenvalue weighted by atomic mass is 9.87. The Kier molecular flexibility index (Phi) is 3.98. The normalized spacial score (nSPS) is 21.4. The Balaban J connectivity index is 1.79. The minimum Gasteiger partial charge on any atom is -0.497 e. The number of methoxy groups -OCH3 is 1. The molecular formula is C17H20N2O4. The fourth-order valence-electron chi connectivity index (χ4n) is 3.22. The topological polar surface area (TPSA) is 82.6 Å². The maximum atomic E-state index is 12.7. The van der Waals surface area contributed by atoms with Crippen molar-refractivity contribution < 1.29 is 19.4 Å². The van der Waals surface area contributed by atoms with Crippen LogP contribution in [0.3, 0.4) is 0 Å². The van der Waals surface area contributed by atoms with E-state index in [0.29, 0.717) is 25.2 Å². The van der Waals surface area contributed by atoms with E-state index in [-0.39, 0.29) is 17.7 Å². The molecule has 0 radical (unpaired) electrons. The number of nitrogens with zero attached hydrogens (tertiary/aromatic N) is 1. The zero-order valence-electron chi connectivity index (χ0n) is 13.2. The van der Waals surface area contributed by atoms with Gasteiger partial charge in [-0.3, -0.25) is 9.59 Å². The Morgan fingerprint density at radius 3 is 2.78 bits per heavy atom. The first-order chi connectivity index (χ1) is 11.0. The smallest absolute Gasteiger partial charge is 0.306 e. The molecule has 0 aliphatic carbocycles. The van der Waals surface area contributed by atoms with Crippen molar-refractivity contribution in [2.24, 2.45) is 11.8 Å². The van der Waals surface area contributed by atoms with Crippen LogP contribution in [0, 0.1) is 11.8 Å². The van der Waals surface area contributed by atoms with Crippen molar-refractivity contribution in [3.05, 3.63) is 30.0 Å². The monoisotopic (exact) mass is 316 g/mol. The van der Waals surface area contributed by atoms with E-state index in [2.05, 4.69) is 4.98 Å². The third kappa shape index (κ3) is 2.88. The summed E-state index contributed by atoms with van der Waals surface area (Å²) < 4.78 is 5.19. The van der Waals surface area contributed by atoms with Gasteiger partial charge in [-0.1, -0.05) is 6.92 Å². The Hall–Kier alpha value is -2.50. The van der Waals surface area contributed by atoms with Crippen LogP contribution in [0.5, 0.6) is 5.75 Å². The van der Waals surface area contributed by atoms with Crippen LogP contribution in [0.15, 0.2) is 24.3 Å². The molecule has 0 bridgehead atoms. The lowest BCUT2D eigenvalue weighted by Gasteiger charge is -2.34. The van der Waals surface area contributed by atoms with Crippen LogP contribution < -0.4 is 4.74 Å². The third-order valence-corrected chi connectivity index (χ3v) is 4.57. The number of piperidine rings is 1. The van der Waals surface area contributed by atoms with Gasteiger partial charge in [-0.2, -0.15) is 0 Å². The molecule has 1 aliphatic rings. The highest BCUT2D eigenvalue weighted by molar-refractivity contribution is 5.98. The van der Waals surface area contributed by atoms with E-state index in [1.165, 1.54) is 0 Å². The molecule has 122 valence electrons. The number of fused-ring (bicyclic) bond motifs is 1. The van der Waals surface area contributed by atoms with E-state index < -0.39 is 5.97 Å². The van der Waals surface area contributed by atoms with Crippen molar-refractivity contribution in [2.75, 3.05) is 20.2 Å². The predicted molar refractivity (Wildman–Crippen MR) is 85.7 cm³/mol. The highest BCUT2D eigenvalue weighted by Gasteiger charge is 2.33. The van der Waals surface area contributed by atoms with Gasteiger partial charge in [-0.05, 0) is 36.6 Å². The van der Waals surface area contributed by atoms with Gasteiger partial charge in [0.15, 0.2) is 0 Å². The van der Waals surface area contributed by atoms with E-state index in [1.807, 2.05) is 31.2 Å². The van der Waals surface area contributed by atoms with E-state index in [4.69, 9.17) is 4.74 Å². The summed E-state index contributed by atoms with van der Waals surface area (Å²) in [7, 11) is 1.61. The Morgan fingerprint density at radius 2 is 2.13 bits per heavy atom. The zero-order chi connectivity index (χ0) is 16.6. The zero-order valence-corrected chi connectivity index (χ0v) is 13.2. The molecule has 1 saturated heterocycles. The van der Waals surface area contributed by atoms with E-state index >= 15 is 0 Å². The Morgan fingerprint density at radius 1 is 1.35 bits per heavy atom. The highest BCUT2D eigenvalue weighted by atomic mass is 16.5. The molecule has 1 fully saturated rings. The molecular weight excluding hydrogens is 296 g/mol. The van der Waals surface area contributed by atoms with Gasteiger partial charge in [0.2, 0.25) is 0 Å². The molecule has 1 aromatic carbocycles. The average molecular weight is 316 g/mol. The number of carboxylic acids is 1. The number of amides is 1. The molecule has 0 spiro atoms. The highest BCUT2D eigenvalue weighted by Crippen LogP contribution is 2.26. The lowest BCUT2D eigenvalue weighted by molar-refractivity contribution is -0.145. The first-order valence-corrected chi connectivity index (χ1v) is 7.68. The van der Waals surface area contributed by atoms with E-state index in [9.17, 15) is 14.7 Å². The number of aliphatic carboxylic acids is 1. The van der Waals surface area contributed by atoms with Crippen LogP contribution >= 0.6 is 0 Å². The van der Waals surface area contributed by atoms with Gasteiger partial charge in [-0.25, -0.2) is 0 Å². The van der Waals surface area contributed by atoms with Gasteiger partial charge < -0.3 is 19.7 Å². The lowest BCUT2D eigenvalue weighted by Crippen LogP contribution is -2.45. The standard InChI is InChI=1S/C17H20N2O4/c1-10-9-19(6-5-13(10)17(21)22)16(20)15-8-11-7-12(23-2)3-4-14(11)18-15/h3-4,7-8,10,13,18H,5-6,9H2,1-2H3,(H,21,22). The summed E-state index contributed by atoms with van der Waals surface area (Å²) in [5.74, 6) is -0.537. The number of nitrogens with one attached hydrogen (secondary N) is 1. The van der Waals surface area contributed by atoms with Crippen LogP contribution in [0.1, 0.15) is 23.8 Å². The molecule has 2 aromatic rings. The Bertz CT molecular complexity index is 752. The SMILES string of the molecule is COc1ccc2[nH]c(C(=O)N3CCC(C(=O)O)C(C)C3)cc2c1. The number of rotatable bonds is 3. The largest absolute Gasteiger partial charge is 0.497 e. The van der Waals surface area contributed by atoms with Crippen molar-refractivity contribution in [3.8, 4) is 5.75 Å². The van der Waals surface area contributed by atoms with Gasteiger partial charge in [0.25, 0.3) is 5.91 Å². The molecule has 2 N–H and O–H groups in total. The summed E-state index contributed by atoms with van der Waals surface area (Å²) in [6.07, 6.45) is 0.496. The van der Waals surface area contributed by atoms with Crippen LogP contribution in [-0.4, -0.2) is 47.1 Å². The number of aromatic nitrogens is 1. The number of aromatic amines is 1. The second-order valence-electron chi connectivity index (χ2n) is 6.10. The summed E-state index contributed by atoms with van der Waals surface area (Å²) in [5.41, 5.74) is 1.40. The number of carbonyl (C=O) groups excluding carboxylic acids is 1. The first kappa shape index (κ1) is 15.4. The fraction of sp³-hybridized carbons (Fsp3) is 0.412. The maximum Gasteiger partial charge on any atom is 0.306 e. The minimum atomic E-state index is -0.776. The summed E-state index contributed by atoms with van der Waals surface area (Å²) in [6, 6.07) is 7.41. The van der Waals surface area contributed by atoms with Gasteiger partial charge >= 0.3 is 5.97 Å². The van der Waals surface area contributed by atoms with Crippen molar-refractivity contribution >= 4 is 22.8 Å². The van der Waals surface area contributed by atoms with Crippen LogP contribution in [0.25, 0.3) is 10.9 Å². The molecule has 6 nitrogen and oxygen atoms in total. The third-order valence-electron chi connectivity index (χ3n) is 4.57. The van der Waals surface area contributed by atoms with Crippen molar-refractivity contribution in [1.82, 2.24) is 9.88 Å². The fourth-order valence-corrected chi connectivity index (χ4v) is 3.22. The second kappa shape index (κ2) is 5.95. The molecule has 6 heteroatoms. The number of benzene rings is 1. The van der Waals surface area contributed by atoms with Gasteiger partial charge in [-0.15, -0.1) is 0 Å². The van der Waals surface area contributed by atoms with Crippen LogP contribution in [0.2, 0.25) is 0 Å². The molecule has 1 amide bonds. The number of H-pyrrole nitrogens is 1. The van der Waals surface area contributed by atoms with Crippen molar-refractivity contribution in [2.45, 2.75) is 13.3 Å². The molecule has 3 rings (SSSR count). The van der Waals surface area contributed by atoms with Crippen LogP contribution in [0.4, 0.5) is 0 Å². The summed E-state index contributed by atoms with van der Waals surface area (Å²) >= 11 is 0. The number of likely N-dealkylation sites (tertiary alicyclic amines) is 1. The van der Waals surface area contributed by atoms with Crippen molar-refractivity contribution in [1.29, 1.82) is 0 Å². The predicted octanol–water partition coefficient (Wildman–Crippen LogP) is 2.36. The summed E-state index contributed by atoms with van der Waals surface area (Å²) in [4.78, 5) is 28.7. The maximum absolute atomic E-state index is 12.7. The quantitative estimate of drug-likeness (QED) is 0.910. The molecule has 2 heterocycles. The number of carbonyl (C=O) groups is 2. The van der Waals surface area contributed by atoms with Gasteiger partial charge in [0.05, 0.1) is 13.0 Å². The number of hydrogen-bond acceptors (Lipinski definition) is 3. The molecule has 23 heavy (non-hydrogen) atoms. The average Bonchev–Trinajstić information content (AvgIpc) is 2.96. The first-order valence-electron chi connectivity index (χ1n) is 7.68. The molecule has 2 unspecified atom stereocenters. The van der Waals surface area contributed by atoms with Crippen LogP contribution in [-0.2, 0) is 4.79 Å². The van der Waals surface area contributed by atoms with Crippen molar-refractivity contribution in [3.63, 3.8) is 0 Å². The molecule has 1 aromatic heterocycles. The number of ether oxygens (including phenoxy) is 1. The number of hydrogen-bond donors (Lipinski definition) is 2. The number of carboxylic acid groups (broad SMARTS) is 1. The van der Waals surface area contributed by atoms with Gasteiger partial charge in [0, 0.05) is 24.0 Å². The minimum absolute atomic E-state index is 0.0466. The summed E-state index contributed by atoms with van der Waals surface area (Å²) in [6.45, 7) is 2.82. The van der Waals surface area contributed by atoms with E-state index in [1.54, 1.807) is 12.0 Å². The molecule has 0 saturated carbocycles. The van der Waals surface area contributed by atoms with Gasteiger partial charge in [0.1, 0.15) is 11.4 Å². The van der Waals surface area contributed by atoms with E-state index in [0.717, 1.165) is 16.7 Å². The summed E-state index contributed by atoms with van der Waals surface area (Å²) in [5, 5.41) is 10.1. The Labute approximate surface area is 134 Å². The molecule has 2 atom stereocenters. The molecule has 1 aliphatic heterocycles. The second-order valence-corrected chi connectivity index (χ2v) is 6.10.